The summed E-state index contributed by atoms with van der Waals surface area (Å²) in [5, 5.41) is 1.90. The number of hydrogen-bond acceptors (Lipinski definition) is 0. The predicted octanol–water partition coefficient (Wildman–Crippen LogP) is 46.1. The van der Waals surface area contributed by atoms with Crippen LogP contribution in [0, 0.1) is 194 Å². The minimum atomic E-state index is -1.69. The standard InChI is InChI=1S/C35H62Si.C33H50Si.C28H52Si.C20H36Si.4CH4.4CH3.8ClH.4Zr/c1-3-4-5-6-7-16-25-36(2,34-30-21-12-8-17-26(30)27-18-9-13-22-31(27)34)35-32-23-14-10-19-28(32)29-20-11-15-24-33(29)35;1-34(23-13-3-2-4-14-23,32-28-19-9-5-15-24(28)25-16-6-10-20-29(25)32)33-30-21-11-7-17-26(30)27-18-8-12-22-31(27)33;1-27(2,3)19-13-15-22-23-16-14-20(28(4,5)6)18-25(23)26(24(22)17-19)29(7,8)21-11-9-10-12-21;1-21(2,15-9-3-4-10-15)20-18-13-7-5-11-16(18)17-12-6-8-14-19(17)20;;;;;;;;;;;;;;;;;;;;/h26-35H,3-25H2,1-2H3;2-4,13-14,24-33H,5-12,15-22H2,1H3;19-26H,9-18H2,1-8H3;15-20H,3-14H2,1-2H3;4*1H4;4*1H3;8*1H;;;;/q;;;;;;;;4*-1;;;;;;;;;4*+2/p-8. The van der Waals surface area contributed by atoms with E-state index in [4.69, 9.17) is 68.1 Å². The molecule has 16 heteroatoms. The van der Waals surface area contributed by atoms with Crippen molar-refractivity contribution in [3.05, 3.63) is 60.0 Å². The molecule has 20 saturated carbocycles. The van der Waals surface area contributed by atoms with Gasteiger partial charge in [0.15, 0.2) is 0 Å². The number of rotatable bonds is 16. The molecule has 20 aliphatic rings. The van der Waals surface area contributed by atoms with E-state index in [1.807, 2.05) is 5.19 Å². The molecule has 26 unspecified atom stereocenters. The first-order valence-corrected chi connectivity index (χ1v) is 95.8. The molecule has 26 atom stereocenters. The first-order valence-electron chi connectivity index (χ1n) is 58.7. The van der Waals surface area contributed by atoms with E-state index >= 15 is 0 Å². The molecule has 0 spiro atoms. The van der Waals surface area contributed by atoms with Gasteiger partial charge in [-0.3, -0.25) is 0 Å². The summed E-state index contributed by atoms with van der Waals surface area (Å²) in [6.45, 7) is 35.1. The van der Waals surface area contributed by atoms with Crippen molar-refractivity contribution in [2.45, 2.75) is 553 Å². The Labute approximate surface area is 955 Å². The molecule has 1 aromatic rings. The molecule has 0 heterocycles. The Kier molecular flexibility index (Phi) is 61.3. The second kappa shape index (κ2) is 63.8. The van der Waals surface area contributed by atoms with Gasteiger partial charge < -0.3 is 29.7 Å². The molecule has 20 aliphatic carbocycles. The van der Waals surface area contributed by atoms with Gasteiger partial charge in [0.05, 0.1) is 32.3 Å². The van der Waals surface area contributed by atoms with Gasteiger partial charge in [0, 0.05) is 0 Å². The SMILES string of the molecule is C.C.C.C.CC(C)(C)C1CCC2C3CCC(C(C)(C)C)CC3C([Si](C)(C)C3CCCC3)C2C1.CCCCCCCC[Si](C)(C1C2CCCCC2C2CCCCC21)C1C2CCCCC2C2CCCCC21.C[Si](C)(C1CCCC1)C1C2CCCCC2C2CCCCC21.C[Si](c1ccccc1)(C1C2CCCCC2C2CCCCC21)C1C2CCCCC2C2CCCCC21.[CH3-].[CH3-].[CH3-].[CH3-].[Cl][Zr][Cl].[Cl][Zr][Cl].[Cl][Zr][Cl].[Cl][Zr][Cl]. The molecule has 1 aromatic carbocycles. The fourth-order valence-corrected chi connectivity index (χ4v) is 68.5. The van der Waals surface area contributed by atoms with Crippen LogP contribution >= 0.6 is 68.1 Å². The van der Waals surface area contributed by atoms with Crippen LogP contribution in [0.15, 0.2) is 30.3 Å². The van der Waals surface area contributed by atoms with Crippen molar-refractivity contribution in [1.82, 2.24) is 0 Å². The van der Waals surface area contributed by atoms with Gasteiger partial charge in [-0.25, -0.2) is 0 Å². The molecule has 0 aromatic heterocycles. The summed E-state index contributed by atoms with van der Waals surface area (Å²) in [5.74, 6) is 29.1. The van der Waals surface area contributed by atoms with Crippen molar-refractivity contribution < 1.29 is 83.4 Å². The Morgan fingerprint density at radius 2 is 0.436 bits per heavy atom. The summed E-state index contributed by atoms with van der Waals surface area (Å²) in [6.07, 6.45) is 94.4. The van der Waals surface area contributed by atoms with E-state index in [1.165, 1.54) is 121 Å². The summed E-state index contributed by atoms with van der Waals surface area (Å²) in [5.41, 5.74) is 10.4. The number of fused-ring (bicyclic) bond motifs is 18. The van der Waals surface area contributed by atoms with Gasteiger partial charge in [-0.15, -0.1) is 0 Å². The molecule has 20 fully saturated rings. The number of halogens is 8. The van der Waals surface area contributed by atoms with Gasteiger partial charge in [-0.1, -0.05) is 442 Å². The maximum atomic E-state index is 4.93. The maximum absolute atomic E-state index is 4.93. The van der Waals surface area contributed by atoms with Gasteiger partial charge in [0.25, 0.3) is 0 Å². The van der Waals surface area contributed by atoms with E-state index in [9.17, 15) is 0 Å². The Hall–Kier alpha value is 5.94. The molecule has 0 bridgehead atoms. The summed E-state index contributed by atoms with van der Waals surface area (Å²) >= 11 is -3.30. The summed E-state index contributed by atoms with van der Waals surface area (Å²) in [6, 6.07) is 14.2. The monoisotopic (exact) mass is 2470 g/mol. The van der Waals surface area contributed by atoms with Crippen molar-refractivity contribution in [2.75, 3.05) is 0 Å². The van der Waals surface area contributed by atoms with Crippen LogP contribution in [0.3, 0.4) is 0 Å². The molecular formula is C124H228Cl8Si4Zr4-4. The molecule has 816 valence electrons. The Morgan fingerprint density at radius 1 is 0.243 bits per heavy atom. The van der Waals surface area contributed by atoms with Crippen LogP contribution in [0.5, 0.6) is 0 Å². The van der Waals surface area contributed by atoms with Gasteiger partial charge >= 0.3 is 151 Å². The zero-order chi connectivity index (χ0) is 93.7. The second-order valence-electron chi connectivity index (χ2n) is 54.2. The molecule has 0 N–H and O–H groups in total. The van der Waals surface area contributed by atoms with E-state index in [0.29, 0.717) is 10.8 Å². The number of benzene rings is 1. The molecule has 0 nitrogen and oxygen atoms in total. The first-order chi connectivity index (χ1) is 63.8. The Bertz CT molecular complexity index is 3230. The van der Waals surface area contributed by atoms with Crippen LogP contribution < -0.4 is 5.19 Å². The van der Waals surface area contributed by atoms with Crippen molar-refractivity contribution >= 4 is 106 Å². The zero-order valence-electron chi connectivity index (χ0n) is 91.2. The van der Waals surface area contributed by atoms with Crippen LogP contribution in [-0.2, 0) is 83.4 Å². The van der Waals surface area contributed by atoms with E-state index < -0.39 is 116 Å². The third kappa shape index (κ3) is 30.4. The van der Waals surface area contributed by atoms with Crippen molar-refractivity contribution in [3.8, 4) is 0 Å². The van der Waals surface area contributed by atoms with Crippen LogP contribution in [0.2, 0.25) is 89.7 Å². The molecule has 0 saturated heterocycles. The summed E-state index contributed by atoms with van der Waals surface area (Å²) < 4.78 is 0. The minimum absolute atomic E-state index is 0. The zero-order valence-corrected chi connectivity index (χ0v) is 111. The van der Waals surface area contributed by atoms with Crippen LogP contribution in [0.1, 0.15) is 463 Å². The summed E-state index contributed by atoms with van der Waals surface area (Å²) in [4.78, 5) is 0. The quantitative estimate of drug-likeness (QED) is 0.0879. The topological polar surface area (TPSA) is 0 Å². The molecule has 21 rings (SSSR count). The van der Waals surface area contributed by atoms with Crippen LogP contribution in [-0.4, -0.2) is 32.3 Å². The fraction of sp³-hybridized carbons (Fsp3) is 0.919. The molecular weight excluding hydrogens is 2250 g/mol. The molecule has 140 heavy (non-hydrogen) atoms. The van der Waals surface area contributed by atoms with Gasteiger partial charge in [-0.2, -0.15) is 0 Å². The second-order valence-corrected chi connectivity index (χ2v) is 88.7. The van der Waals surface area contributed by atoms with E-state index in [-0.39, 0.29) is 59.4 Å². The van der Waals surface area contributed by atoms with Crippen LogP contribution in [0.25, 0.3) is 0 Å². The van der Waals surface area contributed by atoms with Gasteiger partial charge in [-0.05, 0) is 312 Å². The van der Waals surface area contributed by atoms with E-state index in [1.54, 1.807) is 340 Å². The fourth-order valence-electron chi connectivity index (χ4n) is 42.6. The first kappa shape index (κ1) is 135. The van der Waals surface area contributed by atoms with Crippen molar-refractivity contribution in [3.63, 3.8) is 0 Å². The van der Waals surface area contributed by atoms with E-state index in [2.05, 4.69) is 118 Å². The number of unbranched alkanes of at least 4 members (excludes halogenated alkanes) is 5. The van der Waals surface area contributed by atoms with Gasteiger partial charge in [0.1, 0.15) is 0 Å². The normalized spacial score (nSPS) is 39.1. The molecule has 0 aliphatic heterocycles. The Morgan fingerprint density at radius 3 is 0.671 bits per heavy atom. The van der Waals surface area contributed by atoms with Gasteiger partial charge in [0.2, 0.25) is 0 Å². The Balaban J connectivity index is 0.000000273. The van der Waals surface area contributed by atoms with Crippen molar-refractivity contribution in [1.29, 1.82) is 0 Å². The molecule has 0 amide bonds. The summed E-state index contributed by atoms with van der Waals surface area (Å²) in [7, 11) is 34.1. The van der Waals surface area contributed by atoms with Crippen LogP contribution in [0.4, 0.5) is 0 Å². The van der Waals surface area contributed by atoms with Crippen molar-refractivity contribution in [2.24, 2.45) is 165 Å². The number of hydrogen-bond donors (Lipinski definition) is 0. The molecule has 0 radical (unpaired) electrons. The third-order valence-electron chi connectivity index (χ3n) is 46.8. The third-order valence-corrected chi connectivity index (χ3v) is 69.6. The average Bonchev–Trinajstić information content (AvgIpc) is 1.55. The predicted molar refractivity (Wildman–Crippen MR) is 631 cm³/mol. The van der Waals surface area contributed by atoms with E-state index in [0.717, 1.165) is 129 Å². The average molecular weight is 2480 g/mol.